The van der Waals surface area contributed by atoms with Gasteiger partial charge in [-0.15, -0.1) is 0 Å². The molecule has 3 aliphatic rings. The van der Waals surface area contributed by atoms with Gasteiger partial charge >= 0.3 is 0 Å². The molecule has 0 unspecified atom stereocenters. The van der Waals surface area contributed by atoms with Crippen molar-refractivity contribution in [2.75, 3.05) is 6.61 Å². The molecule has 2 saturated carbocycles. The van der Waals surface area contributed by atoms with E-state index in [4.69, 9.17) is 4.43 Å². The van der Waals surface area contributed by atoms with Gasteiger partial charge in [0.2, 0.25) is 0 Å². The average Bonchev–Trinajstić information content (AvgIpc) is 3.40. The van der Waals surface area contributed by atoms with Crippen LogP contribution in [0, 0.1) is 17.3 Å². The van der Waals surface area contributed by atoms with Gasteiger partial charge in [0.15, 0.2) is 0 Å². The summed E-state index contributed by atoms with van der Waals surface area (Å²) in [5, 5.41) is 2.88. The Morgan fingerprint density at radius 1 is 0.933 bits per heavy atom. The molecule has 2 aromatic rings. The van der Waals surface area contributed by atoms with Crippen LogP contribution >= 0.6 is 0 Å². The summed E-state index contributed by atoms with van der Waals surface area (Å²) in [7, 11) is -2.42. The normalized spacial score (nSPS) is 28.3. The summed E-state index contributed by atoms with van der Waals surface area (Å²) in [5.74, 6) is 1.60. The second-order valence-electron chi connectivity index (χ2n) is 10.7. The average molecular weight is 417 g/mol. The molecule has 2 aromatic carbocycles. The molecule has 2 heteroatoms. The van der Waals surface area contributed by atoms with E-state index in [2.05, 4.69) is 87.5 Å². The molecule has 3 atom stereocenters. The number of allylic oxidation sites excluding steroid dienone is 2. The molecular formula is C28H36OSi. The van der Waals surface area contributed by atoms with Crippen molar-refractivity contribution in [3.63, 3.8) is 0 Å². The highest BCUT2D eigenvalue weighted by molar-refractivity contribution is 6.99. The molecule has 0 radical (unpaired) electrons. The molecule has 1 nitrogen and oxygen atoms in total. The smallest absolute Gasteiger partial charge is 0.261 e. The third kappa shape index (κ3) is 2.98. The van der Waals surface area contributed by atoms with E-state index in [1.165, 1.54) is 48.9 Å². The van der Waals surface area contributed by atoms with E-state index >= 15 is 0 Å². The molecule has 2 fully saturated rings. The Morgan fingerprint density at radius 2 is 1.57 bits per heavy atom. The first-order valence-electron chi connectivity index (χ1n) is 11.9. The van der Waals surface area contributed by atoms with E-state index in [0.717, 1.165) is 18.4 Å². The van der Waals surface area contributed by atoms with E-state index in [-0.39, 0.29) is 5.04 Å². The lowest BCUT2D eigenvalue weighted by Crippen LogP contribution is -2.66. The van der Waals surface area contributed by atoms with Crippen LogP contribution in [0.5, 0.6) is 0 Å². The SMILES string of the molecule is CC(C)(C)[Si](OC[C@H]1[C@@H]2CCCC3=CCCC[C@]321)(c1ccccc1)c1ccccc1. The monoisotopic (exact) mass is 416 g/mol. The minimum atomic E-state index is -2.42. The van der Waals surface area contributed by atoms with Crippen LogP contribution < -0.4 is 10.4 Å². The van der Waals surface area contributed by atoms with E-state index < -0.39 is 8.32 Å². The first-order valence-corrected chi connectivity index (χ1v) is 13.9. The fourth-order valence-electron chi connectivity index (χ4n) is 7.02. The van der Waals surface area contributed by atoms with Gasteiger partial charge in [-0.25, -0.2) is 0 Å². The lowest BCUT2D eigenvalue weighted by Gasteiger charge is -2.43. The van der Waals surface area contributed by atoms with E-state index in [9.17, 15) is 0 Å². The van der Waals surface area contributed by atoms with Crippen molar-refractivity contribution in [2.45, 2.75) is 64.3 Å². The van der Waals surface area contributed by atoms with Crippen molar-refractivity contribution in [3.05, 3.63) is 72.3 Å². The second-order valence-corrected chi connectivity index (χ2v) is 15.0. The largest absolute Gasteiger partial charge is 0.407 e. The van der Waals surface area contributed by atoms with Crippen molar-refractivity contribution in [2.24, 2.45) is 17.3 Å². The van der Waals surface area contributed by atoms with Crippen molar-refractivity contribution < 1.29 is 4.43 Å². The Balaban J connectivity index is 1.52. The van der Waals surface area contributed by atoms with Crippen molar-refractivity contribution >= 4 is 18.7 Å². The van der Waals surface area contributed by atoms with Gasteiger partial charge in [0.25, 0.3) is 8.32 Å². The van der Waals surface area contributed by atoms with Crippen LogP contribution in [0.1, 0.15) is 59.3 Å². The predicted octanol–water partition coefficient (Wildman–Crippen LogP) is 6.09. The Kier molecular flexibility index (Phi) is 5.06. The molecular weight excluding hydrogens is 380 g/mol. The standard InChI is InChI=1S/C28H36OSi/c1-27(2,3)30(23-15-6-4-7-16-23,24-17-8-5-9-18-24)29-21-26-25-19-12-14-22-13-10-11-20-28(22,25)26/h4-9,13,15-18,25-26H,10-12,14,19-21H2,1-3H3/t25-,26-,28-/m0/s1. The van der Waals surface area contributed by atoms with Crippen LogP contribution in [0.4, 0.5) is 0 Å². The molecule has 0 bridgehead atoms. The molecule has 0 heterocycles. The maximum atomic E-state index is 7.34. The van der Waals surface area contributed by atoms with Gasteiger partial charge in [-0.05, 0) is 71.2 Å². The third-order valence-electron chi connectivity index (χ3n) is 8.34. The van der Waals surface area contributed by atoms with E-state index in [0.29, 0.717) is 5.41 Å². The molecule has 158 valence electrons. The van der Waals surface area contributed by atoms with Gasteiger partial charge in [0.05, 0.1) is 0 Å². The Morgan fingerprint density at radius 3 is 2.17 bits per heavy atom. The van der Waals surface area contributed by atoms with Crippen molar-refractivity contribution in [1.29, 1.82) is 0 Å². The zero-order chi connectivity index (χ0) is 20.8. The summed E-state index contributed by atoms with van der Waals surface area (Å²) in [4.78, 5) is 0. The van der Waals surface area contributed by atoms with Crippen molar-refractivity contribution in [3.8, 4) is 0 Å². The van der Waals surface area contributed by atoms with Gasteiger partial charge in [-0.3, -0.25) is 0 Å². The predicted molar refractivity (Wildman–Crippen MR) is 129 cm³/mol. The minimum absolute atomic E-state index is 0.0681. The van der Waals surface area contributed by atoms with Crippen LogP contribution in [-0.4, -0.2) is 14.9 Å². The summed E-state index contributed by atoms with van der Waals surface area (Å²) in [6, 6.07) is 22.3. The van der Waals surface area contributed by atoms with Gasteiger partial charge in [0, 0.05) is 6.61 Å². The highest BCUT2D eigenvalue weighted by Crippen LogP contribution is 2.72. The fraction of sp³-hybridized carbons (Fsp3) is 0.500. The zero-order valence-electron chi connectivity index (χ0n) is 18.9. The highest BCUT2D eigenvalue weighted by atomic mass is 28.4. The van der Waals surface area contributed by atoms with Gasteiger partial charge in [-0.2, -0.15) is 0 Å². The van der Waals surface area contributed by atoms with Crippen LogP contribution in [0.25, 0.3) is 0 Å². The quantitative estimate of drug-likeness (QED) is 0.423. The Labute approximate surface area is 183 Å². The molecule has 0 aliphatic heterocycles. The topological polar surface area (TPSA) is 9.23 Å². The van der Waals surface area contributed by atoms with Gasteiger partial charge in [0.1, 0.15) is 0 Å². The van der Waals surface area contributed by atoms with Gasteiger partial charge in [-0.1, -0.05) is 93.1 Å². The number of rotatable bonds is 5. The first-order chi connectivity index (χ1) is 14.5. The summed E-state index contributed by atoms with van der Waals surface area (Å²) >= 11 is 0. The number of hydrogen-bond acceptors (Lipinski definition) is 1. The molecule has 0 amide bonds. The van der Waals surface area contributed by atoms with E-state index in [1.807, 2.05) is 0 Å². The lowest BCUT2D eigenvalue weighted by molar-refractivity contribution is 0.256. The lowest BCUT2D eigenvalue weighted by atomic mass is 9.76. The molecule has 1 spiro atoms. The number of hydrogen-bond donors (Lipinski definition) is 0. The zero-order valence-corrected chi connectivity index (χ0v) is 19.9. The summed E-state index contributed by atoms with van der Waals surface area (Å²) in [6.45, 7) is 8.10. The molecule has 3 aliphatic carbocycles. The van der Waals surface area contributed by atoms with Crippen LogP contribution in [-0.2, 0) is 4.43 Å². The summed E-state index contributed by atoms with van der Waals surface area (Å²) in [5.41, 5.74) is 2.29. The fourth-order valence-corrected chi connectivity index (χ4v) is 11.6. The van der Waals surface area contributed by atoms with E-state index in [1.54, 1.807) is 5.57 Å². The Hall–Kier alpha value is -1.64. The molecule has 0 N–H and O–H groups in total. The maximum absolute atomic E-state index is 7.34. The molecule has 0 saturated heterocycles. The molecule has 5 rings (SSSR count). The van der Waals surface area contributed by atoms with Crippen molar-refractivity contribution in [1.82, 2.24) is 0 Å². The first kappa shape index (κ1) is 20.3. The van der Waals surface area contributed by atoms with Gasteiger partial charge < -0.3 is 4.43 Å². The maximum Gasteiger partial charge on any atom is 0.261 e. The molecule has 0 aromatic heterocycles. The minimum Gasteiger partial charge on any atom is -0.407 e. The molecule has 30 heavy (non-hydrogen) atoms. The summed E-state index contributed by atoms with van der Waals surface area (Å²) < 4.78 is 7.34. The van der Waals surface area contributed by atoms with Crippen LogP contribution in [0.2, 0.25) is 5.04 Å². The highest BCUT2D eigenvalue weighted by Gasteiger charge is 2.67. The number of benzene rings is 2. The second kappa shape index (κ2) is 7.49. The summed E-state index contributed by atoms with van der Waals surface area (Å²) in [6.07, 6.45) is 10.8. The van der Waals surface area contributed by atoms with Crippen LogP contribution in [0.3, 0.4) is 0 Å². The third-order valence-corrected chi connectivity index (χ3v) is 13.3. The Bertz CT molecular complexity index is 871. The van der Waals surface area contributed by atoms with Crippen LogP contribution in [0.15, 0.2) is 72.3 Å².